The van der Waals surface area contributed by atoms with Gasteiger partial charge in [0.1, 0.15) is 0 Å². The van der Waals surface area contributed by atoms with E-state index in [9.17, 15) is 5.11 Å². The van der Waals surface area contributed by atoms with Gasteiger partial charge in [0.25, 0.3) is 0 Å². The van der Waals surface area contributed by atoms with Gasteiger partial charge < -0.3 is 9.84 Å². The van der Waals surface area contributed by atoms with Crippen LogP contribution in [0.5, 0.6) is 0 Å². The van der Waals surface area contributed by atoms with E-state index in [1.54, 1.807) is 0 Å². The third-order valence-electron chi connectivity index (χ3n) is 3.07. The number of hydrogen-bond acceptors (Lipinski definition) is 3. The van der Waals surface area contributed by atoms with Crippen LogP contribution >= 0.6 is 11.8 Å². The Morgan fingerprint density at radius 1 is 1.29 bits per heavy atom. The molecule has 1 saturated heterocycles. The summed E-state index contributed by atoms with van der Waals surface area (Å²) in [5.74, 6) is 0.880. The Morgan fingerprint density at radius 3 is 2.36 bits per heavy atom. The highest BCUT2D eigenvalue weighted by Gasteiger charge is 2.24. The minimum Gasteiger partial charge on any atom is -0.389 e. The van der Waals surface area contributed by atoms with E-state index in [2.05, 4.69) is 13.8 Å². The fourth-order valence-electron chi connectivity index (χ4n) is 1.57. The summed E-state index contributed by atoms with van der Waals surface area (Å²) in [7, 11) is 0. The summed E-state index contributed by atoms with van der Waals surface area (Å²) in [6.07, 6.45) is 4.02. The van der Waals surface area contributed by atoms with Gasteiger partial charge in [0.15, 0.2) is 0 Å². The highest BCUT2D eigenvalue weighted by atomic mass is 32.2. The van der Waals surface area contributed by atoms with Crippen LogP contribution in [-0.4, -0.2) is 34.9 Å². The molecule has 0 radical (unpaired) electrons. The van der Waals surface area contributed by atoms with Gasteiger partial charge in [0.2, 0.25) is 0 Å². The molecule has 1 N–H and O–H groups in total. The highest BCUT2D eigenvalue weighted by Crippen LogP contribution is 2.28. The minimum atomic E-state index is -0.441. The average Bonchev–Trinajstić information content (AvgIpc) is 2.27. The molecule has 0 aromatic carbocycles. The summed E-state index contributed by atoms with van der Waals surface area (Å²) in [4.78, 5) is 0. The molecular weight excluding hydrogens is 196 g/mol. The summed E-state index contributed by atoms with van der Waals surface area (Å²) in [5.41, 5.74) is -0.441. The van der Waals surface area contributed by atoms with Gasteiger partial charge in [-0.25, -0.2) is 0 Å². The Hall–Kier alpha value is 0.270. The SMILES string of the molecule is CCC(O)(CC)CSC1CCOCC1. The first-order valence-corrected chi connectivity index (χ1v) is 6.67. The van der Waals surface area contributed by atoms with Gasteiger partial charge in [-0.3, -0.25) is 0 Å². The number of rotatable bonds is 5. The van der Waals surface area contributed by atoms with E-state index in [-0.39, 0.29) is 0 Å². The van der Waals surface area contributed by atoms with E-state index in [0.29, 0.717) is 5.25 Å². The van der Waals surface area contributed by atoms with Crippen LogP contribution in [0.25, 0.3) is 0 Å². The second-order valence-corrected chi connectivity index (χ2v) is 5.34. The maximum absolute atomic E-state index is 10.1. The molecule has 84 valence electrons. The summed E-state index contributed by atoms with van der Waals surface area (Å²) in [6, 6.07) is 0. The predicted molar refractivity (Wildman–Crippen MR) is 61.8 cm³/mol. The second-order valence-electron chi connectivity index (χ2n) is 4.05. The van der Waals surface area contributed by atoms with Gasteiger partial charge in [-0.2, -0.15) is 11.8 Å². The lowest BCUT2D eigenvalue weighted by atomic mass is 10.0. The van der Waals surface area contributed by atoms with Crippen LogP contribution in [0.1, 0.15) is 39.5 Å². The molecule has 1 rings (SSSR count). The first kappa shape index (κ1) is 12.3. The van der Waals surface area contributed by atoms with Crippen LogP contribution in [0.15, 0.2) is 0 Å². The van der Waals surface area contributed by atoms with E-state index in [4.69, 9.17) is 4.74 Å². The summed E-state index contributed by atoms with van der Waals surface area (Å²) < 4.78 is 5.31. The van der Waals surface area contributed by atoms with Crippen LogP contribution in [0.2, 0.25) is 0 Å². The van der Waals surface area contributed by atoms with E-state index >= 15 is 0 Å². The van der Waals surface area contributed by atoms with Crippen molar-refractivity contribution in [3.05, 3.63) is 0 Å². The van der Waals surface area contributed by atoms with Crippen molar-refractivity contribution in [2.75, 3.05) is 19.0 Å². The maximum Gasteiger partial charge on any atom is 0.0732 e. The van der Waals surface area contributed by atoms with Crippen molar-refractivity contribution in [2.24, 2.45) is 0 Å². The molecule has 0 aromatic rings. The van der Waals surface area contributed by atoms with E-state index < -0.39 is 5.60 Å². The minimum absolute atomic E-state index is 0.441. The van der Waals surface area contributed by atoms with Crippen molar-refractivity contribution in [3.63, 3.8) is 0 Å². The molecule has 0 spiro atoms. The topological polar surface area (TPSA) is 29.5 Å². The number of hydrogen-bond donors (Lipinski definition) is 1. The molecule has 1 heterocycles. The van der Waals surface area contributed by atoms with Gasteiger partial charge in [-0.05, 0) is 25.7 Å². The van der Waals surface area contributed by atoms with Gasteiger partial charge in [-0.15, -0.1) is 0 Å². The van der Waals surface area contributed by atoms with Gasteiger partial charge >= 0.3 is 0 Å². The number of thioether (sulfide) groups is 1. The van der Waals surface area contributed by atoms with Crippen molar-refractivity contribution in [2.45, 2.75) is 50.4 Å². The second kappa shape index (κ2) is 5.99. The molecule has 0 atom stereocenters. The summed E-state index contributed by atoms with van der Waals surface area (Å²) >= 11 is 1.92. The number of ether oxygens (including phenoxy) is 1. The molecule has 0 amide bonds. The van der Waals surface area contributed by atoms with Crippen LogP contribution in [0, 0.1) is 0 Å². The maximum atomic E-state index is 10.1. The molecule has 0 aromatic heterocycles. The summed E-state index contributed by atoms with van der Waals surface area (Å²) in [5, 5.41) is 10.8. The first-order valence-electron chi connectivity index (χ1n) is 5.62. The zero-order chi connectivity index (χ0) is 10.4. The third-order valence-corrected chi connectivity index (χ3v) is 4.72. The zero-order valence-electron chi connectivity index (χ0n) is 9.29. The van der Waals surface area contributed by atoms with Crippen LogP contribution in [-0.2, 0) is 4.74 Å². The molecule has 0 saturated carbocycles. The van der Waals surface area contributed by atoms with Crippen molar-refractivity contribution in [1.29, 1.82) is 0 Å². The van der Waals surface area contributed by atoms with Gasteiger partial charge in [-0.1, -0.05) is 13.8 Å². The molecular formula is C11H22O2S. The van der Waals surface area contributed by atoms with Crippen molar-refractivity contribution >= 4 is 11.8 Å². The standard InChI is InChI=1S/C11H22O2S/c1-3-11(12,4-2)9-14-10-5-7-13-8-6-10/h10,12H,3-9H2,1-2H3. The Kier molecular flexibility index (Phi) is 5.28. The molecule has 14 heavy (non-hydrogen) atoms. The first-order chi connectivity index (χ1) is 6.70. The lowest BCUT2D eigenvalue weighted by Crippen LogP contribution is -2.31. The van der Waals surface area contributed by atoms with Crippen molar-refractivity contribution < 1.29 is 9.84 Å². The fourth-order valence-corrected chi connectivity index (χ4v) is 3.05. The van der Waals surface area contributed by atoms with Crippen LogP contribution < -0.4 is 0 Å². The molecule has 0 aliphatic carbocycles. The Balaban J connectivity index is 2.23. The van der Waals surface area contributed by atoms with Crippen LogP contribution in [0.3, 0.4) is 0 Å². The van der Waals surface area contributed by atoms with Gasteiger partial charge in [0, 0.05) is 24.2 Å². The largest absolute Gasteiger partial charge is 0.389 e. The average molecular weight is 218 g/mol. The number of aliphatic hydroxyl groups is 1. The third kappa shape index (κ3) is 3.79. The quantitative estimate of drug-likeness (QED) is 0.768. The molecule has 0 unspecified atom stereocenters. The summed E-state index contributed by atoms with van der Waals surface area (Å²) in [6.45, 7) is 5.92. The zero-order valence-corrected chi connectivity index (χ0v) is 10.1. The molecule has 2 nitrogen and oxygen atoms in total. The van der Waals surface area contributed by atoms with E-state index in [1.807, 2.05) is 11.8 Å². The van der Waals surface area contributed by atoms with Crippen LogP contribution in [0.4, 0.5) is 0 Å². The highest BCUT2D eigenvalue weighted by molar-refractivity contribution is 7.99. The Morgan fingerprint density at radius 2 is 1.86 bits per heavy atom. The molecule has 1 aliphatic rings. The van der Waals surface area contributed by atoms with Crippen molar-refractivity contribution in [3.8, 4) is 0 Å². The smallest absolute Gasteiger partial charge is 0.0732 e. The lowest BCUT2D eigenvalue weighted by molar-refractivity contribution is 0.0565. The Labute approximate surface area is 91.4 Å². The lowest BCUT2D eigenvalue weighted by Gasteiger charge is -2.28. The van der Waals surface area contributed by atoms with Crippen molar-refractivity contribution in [1.82, 2.24) is 0 Å². The molecule has 1 aliphatic heterocycles. The normalized spacial score (nSPS) is 19.9. The Bertz CT molecular complexity index is 151. The molecule has 0 bridgehead atoms. The predicted octanol–water partition coefficient (Wildman–Crippen LogP) is 2.45. The molecule has 3 heteroatoms. The van der Waals surface area contributed by atoms with E-state index in [1.165, 1.54) is 0 Å². The monoisotopic (exact) mass is 218 g/mol. The fraction of sp³-hybridized carbons (Fsp3) is 1.00. The van der Waals surface area contributed by atoms with E-state index in [0.717, 1.165) is 44.6 Å². The molecule has 1 fully saturated rings. The van der Waals surface area contributed by atoms with Gasteiger partial charge in [0.05, 0.1) is 5.60 Å².